The van der Waals surface area contributed by atoms with Crippen LogP contribution in [0, 0.1) is 6.92 Å². The summed E-state index contributed by atoms with van der Waals surface area (Å²) in [5, 5.41) is 3.69. The summed E-state index contributed by atoms with van der Waals surface area (Å²) in [4.78, 5) is 2.58. The molecule has 1 aliphatic heterocycles. The van der Waals surface area contributed by atoms with Gasteiger partial charge in [-0.05, 0) is 37.5 Å². The van der Waals surface area contributed by atoms with Crippen molar-refractivity contribution in [3.8, 4) is 0 Å². The third-order valence-corrected chi connectivity index (χ3v) is 4.95. The first-order valence-electron chi connectivity index (χ1n) is 7.41. The third kappa shape index (κ3) is 3.51. The number of benzene rings is 1. The number of aryl methyl sites for hydroxylation is 1. The van der Waals surface area contributed by atoms with E-state index in [2.05, 4.69) is 65.1 Å². The Kier molecular flexibility index (Phi) is 5.28. The molecule has 2 rings (SSSR count). The van der Waals surface area contributed by atoms with E-state index in [1.165, 1.54) is 35.0 Å². The van der Waals surface area contributed by atoms with Gasteiger partial charge in [0.1, 0.15) is 0 Å². The Labute approximate surface area is 125 Å². The minimum atomic E-state index is 0.614. The molecule has 1 saturated heterocycles. The molecule has 0 spiro atoms. The van der Waals surface area contributed by atoms with Crippen LogP contribution in [0.25, 0.3) is 0 Å². The molecule has 106 valence electrons. The summed E-state index contributed by atoms with van der Waals surface area (Å²) in [5.41, 5.74) is 2.66. The Bertz CT molecular complexity index is 419. The van der Waals surface area contributed by atoms with E-state index in [9.17, 15) is 0 Å². The van der Waals surface area contributed by atoms with Crippen LogP contribution in [0.4, 0.5) is 5.69 Å². The predicted octanol–water partition coefficient (Wildman–Crippen LogP) is 4.11. The Hall–Kier alpha value is -0.540. The topological polar surface area (TPSA) is 15.3 Å². The summed E-state index contributed by atoms with van der Waals surface area (Å²) < 4.78 is 1.21. The zero-order chi connectivity index (χ0) is 13.8. The fourth-order valence-electron chi connectivity index (χ4n) is 2.85. The van der Waals surface area contributed by atoms with Gasteiger partial charge in [0.15, 0.2) is 0 Å². The van der Waals surface area contributed by atoms with Crippen LogP contribution in [0.5, 0.6) is 0 Å². The number of halogens is 1. The first kappa shape index (κ1) is 14.9. The van der Waals surface area contributed by atoms with Crippen LogP contribution in [-0.2, 0) is 0 Å². The zero-order valence-electron chi connectivity index (χ0n) is 12.2. The largest absolute Gasteiger partial charge is 0.366 e. The Balaban J connectivity index is 2.19. The molecule has 1 heterocycles. The van der Waals surface area contributed by atoms with E-state index in [1.54, 1.807) is 0 Å². The fourth-order valence-corrected chi connectivity index (χ4v) is 3.21. The first-order chi connectivity index (χ1) is 9.15. The number of hydrogen-bond donors (Lipinski definition) is 1. The third-order valence-electron chi connectivity index (χ3n) is 4.10. The van der Waals surface area contributed by atoms with Gasteiger partial charge in [-0.2, -0.15) is 0 Å². The summed E-state index contributed by atoms with van der Waals surface area (Å²) in [6.07, 6.45) is 3.71. The molecular formula is C16H25BrN2. The maximum absolute atomic E-state index is 3.69. The van der Waals surface area contributed by atoms with Crippen molar-refractivity contribution in [1.82, 2.24) is 5.32 Å². The van der Waals surface area contributed by atoms with E-state index >= 15 is 0 Å². The summed E-state index contributed by atoms with van der Waals surface area (Å²) in [6.45, 7) is 8.92. The number of hydrogen-bond acceptors (Lipinski definition) is 2. The maximum Gasteiger partial charge on any atom is 0.0412 e. The summed E-state index contributed by atoms with van der Waals surface area (Å²) >= 11 is 3.66. The highest BCUT2D eigenvalue weighted by atomic mass is 79.9. The lowest BCUT2D eigenvalue weighted by molar-refractivity contribution is 0.369. The molecule has 19 heavy (non-hydrogen) atoms. The summed E-state index contributed by atoms with van der Waals surface area (Å²) in [5.74, 6) is 0. The van der Waals surface area contributed by atoms with Crippen LogP contribution in [-0.4, -0.2) is 25.2 Å². The van der Waals surface area contributed by atoms with Gasteiger partial charge in [0.05, 0.1) is 0 Å². The van der Waals surface area contributed by atoms with Gasteiger partial charge in [-0.25, -0.2) is 0 Å². The molecule has 0 saturated carbocycles. The van der Waals surface area contributed by atoms with E-state index in [0.29, 0.717) is 12.1 Å². The second-order valence-electron chi connectivity index (χ2n) is 5.54. The SMILES string of the molecule is CCCC1CN(c2ccc(C)c(Br)c2)C(CC)CN1. The number of rotatable bonds is 4. The van der Waals surface area contributed by atoms with E-state index in [1.807, 2.05) is 0 Å². The fraction of sp³-hybridized carbons (Fsp3) is 0.625. The van der Waals surface area contributed by atoms with E-state index in [4.69, 9.17) is 0 Å². The number of anilines is 1. The molecule has 3 heteroatoms. The van der Waals surface area contributed by atoms with Gasteiger partial charge in [-0.15, -0.1) is 0 Å². The van der Waals surface area contributed by atoms with Crippen LogP contribution in [0.15, 0.2) is 22.7 Å². The van der Waals surface area contributed by atoms with Crippen LogP contribution in [0.1, 0.15) is 38.7 Å². The van der Waals surface area contributed by atoms with Gasteiger partial charge in [-0.3, -0.25) is 0 Å². The second kappa shape index (κ2) is 6.76. The molecule has 1 aliphatic rings. The lowest BCUT2D eigenvalue weighted by Gasteiger charge is -2.42. The molecule has 1 aromatic carbocycles. The molecule has 2 unspecified atom stereocenters. The van der Waals surface area contributed by atoms with Crippen LogP contribution in [0.3, 0.4) is 0 Å². The normalized spacial score (nSPS) is 23.7. The van der Waals surface area contributed by atoms with E-state index < -0.39 is 0 Å². The molecule has 0 bridgehead atoms. The van der Waals surface area contributed by atoms with Crippen molar-refractivity contribution in [2.75, 3.05) is 18.0 Å². The molecular weight excluding hydrogens is 300 g/mol. The Morgan fingerprint density at radius 3 is 2.79 bits per heavy atom. The van der Waals surface area contributed by atoms with Gasteiger partial charge >= 0.3 is 0 Å². The van der Waals surface area contributed by atoms with Crippen LogP contribution >= 0.6 is 15.9 Å². The highest BCUT2D eigenvalue weighted by Crippen LogP contribution is 2.27. The average Bonchev–Trinajstić information content (AvgIpc) is 2.42. The maximum atomic E-state index is 3.69. The number of nitrogens with zero attached hydrogens (tertiary/aromatic N) is 1. The molecule has 0 radical (unpaired) electrons. The van der Waals surface area contributed by atoms with Gasteiger partial charge in [0, 0.05) is 35.3 Å². The highest BCUT2D eigenvalue weighted by molar-refractivity contribution is 9.10. The number of piperazine rings is 1. The summed E-state index contributed by atoms with van der Waals surface area (Å²) in [7, 11) is 0. The lowest BCUT2D eigenvalue weighted by Crippen LogP contribution is -2.56. The highest BCUT2D eigenvalue weighted by Gasteiger charge is 2.26. The number of nitrogens with one attached hydrogen (secondary N) is 1. The van der Waals surface area contributed by atoms with Crippen LogP contribution in [0.2, 0.25) is 0 Å². The van der Waals surface area contributed by atoms with Gasteiger partial charge < -0.3 is 10.2 Å². The molecule has 2 atom stereocenters. The smallest absolute Gasteiger partial charge is 0.0412 e. The first-order valence-corrected chi connectivity index (χ1v) is 8.21. The predicted molar refractivity (Wildman–Crippen MR) is 87.0 cm³/mol. The van der Waals surface area contributed by atoms with Crippen molar-refractivity contribution in [3.63, 3.8) is 0 Å². The minimum absolute atomic E-state index is 0.614. The molecule has 1 N–H and O–H groups in total. The minimum Gasteiger partial charge on any atom is -0.366 e. The van der Waals surface area contributed by atoms with Crippen molar-refractivity contribution < 1.29 is 0 Å². The zero-order valence-corrected chi connectivity index (χ0v) is 13.8. The molecule has 0 aliphatic carbocycles. The quantitative estimate of drug-likeness (QED) is 0.896. The molecule has 2 nitrogen and oxygen atoms in total. The molecule has 0 aromatic heterocycles. The average molecular weight is 325 g/mol. The summed E-state index contributed by atoms with van der Waals surface area (Å²) in [6, 6.07) is 7.99. The molecule has 1 aromatic rings. The Morgan fingerprint density at radius 2 is 2.16 bits per heavy atom. The van der Waals surface area contributed by atoms with Crippen molar-refractivity contribution in [2.24, 2.45) is 0 Å². The Morgan fingerprint density at radius 1 is 1.37 bits per heavy atom. The van der Waals surface area contributed by atoms with Crippen molar-refractivity contribution in [2.45, 2.75) is 52.1 Å². The molecule has 0 amide bonds. The standard InChI is InChI=1S/C16H25BrN2/c1-4-6-13-11-19(14(5-2)10-18-13)15-8-7-12(3)16(17)9-15/h7-9,13-14,18H,4-6,10-11H2,1-3H3. The van der Waals surface area contributed by atoms with E-state index in [-0.39, 0.29) is 0 Å². The monoisotopic (exact) mass is 324 g/mol. The van der Waals surface area contributed by atoms with Crippen molar-refractivity contribution in [1.29, 1.82) is 0 Å². The van der Waals surface area contributed by atoms with Crippen LogP contribution < -0.4 is 10.2 Å². The van der Waals surface area contributed by atoms with Crippen molar-refractivity contribution >= 4 is 21.6 Å². The van der Waals surface area contributed by atoms with Gasteiger partial charge in [0.25, 0.3) is 0 Å². The lowest BCUT2D eigenvalue weighted by atomic mass is 10.0. The van der Waals surface area contributed by atoms with Crippen molar-refractivity contribution in [3.05, 3.63) is 28.2 Å². The van der Waals surface area contributed by atoms with E-state index in [0.717, 1.165) is 13.1 Å². The molecule has 1 fully saturated rings. The van der Waals surface area contributed by atoms with Gasteiger partial charge in [0.2, 0.25) is 0 Å². The second-order valence-corrected chi connectivity index (χ2v) is 6.40. The van der Waals surface area contributed by atoms with Gasteiger partial charge in [-0.1, -0.05) is 42.3 Å².